The maximum Gasteiger partial charge on any atom is 0.241 e. The molecule has 0 spiro atoms. The lowest BCUT2D eigenvalue weighted by molar-refractivity contribution is -0.0373. The van der Waals surface area contributed by atoms with E-state index in [1.165, 1.54) is 12.5 Å². The zero-order valence-electron chi connectivity index (χ0n) is 4.41. The van der Waals surface area contributed by atoms with Crippen molar-refractivity contribution in [2.75, 3.05) is 6.61 Å². The molecule has 0 aliphatic carbocycles. The molecule has 3 nitrogen and oxygen atoms in total. The zero-order valence-corrected chi connectivity index (χ0v) is 4.41. The number of aliphatic hydroxyl groups excluding tert-OH is 1. The van der Waals surface area contributed by atoms with Crippen molar-refractivity contribution in [3.8, 4) is 0 Å². The van der Waals surface area contributed by atoms with Crippen LogP contribution in [0.2, 0.25) is 0 Å². The van der Waals surface area contributed by atoms with E-state index < -0.39 is 0 Å². The monoisotopic (exact) mass is 116 g/mol. The van der Waals surface area contributed by atoms with E-state index in [0.717, 1.165) is 0 Å². The predicted molar refractivity (Wildman–Crippen MR) is 26.8 cm³/mol. The van der Waals surface area contributed by atoms with Crippen LogP contribution >= 0.6 is 0 Å². The van der Waals surface area contributed by atoms with E-state index in [9.17, 15) is 0 Å². The van der Waals surface area contributed by atoms with Crippen LogP contribution in [0.1, 0.15) is 6.42 Å². The lowest BCUT2D eigenvalue weighted by Crippen LogP contribution is -2.08. The second kappa shape index (κ2) is 2.57. The minimum absolute atomic E-state index is 0.104. The Morgan fingerprint density at radius 2 is 2.00 bits per heavy atom. The third kappa shape index (κ3) is 1.13. The minimum Gasteiger partial charge on any atom is -0.459 e. The summed E-state index contributed by atoms with van der Waals surface area (Å²) in [6.45, 7) is 0.104. The second-order valence-electron chi connectivity index (χ2n) is 1.49. The maximum atomic E-state index is 8.34. The molecule has 1 aliphatic heterocycles. The molecule has 1 N–H and O–H groups in total. The zero-order chi connectivity index (χ0) is 5.82. The van der Waals surface area contributed by atoms with Crippen molar-refractivity contribution in [1.29, 1.82) is 0 Å². The number of hydrogen-bond acceptors (Lipinski definition) is 3. The molecule has 0 fully saturated rings. The predicted octanol–water partition coefficient (Wildman–Crippen LogP) is 0.213. The SMILES string of the molecule is OCCC1OC=CO1. The molecule has 8 heavy (non-hydrogen) atoms. The van der Waals surface area contributed by atoms with Gasteiger partial charge in [0.15, 0.2) is 0 Å². The van der Waals surface area contributed by atoms with Gasteiger partial charge in [0.05, 0.1) is 6.61 Å². The molecule has 1 rings (SSSR count). The van der Waals surface area contributed by atoms with Crippen molar-refractivity contribution in [3.63, 3.8) is 0 Å². The molecule has 0 bridgehead atoms. The van der Waals surface area contributed by atoms with Gasteiger partial charge < -0.3 is 14.6 Å². The molecule has 0 amide bonds. The summed E-state index contributed by atoms with van der Waals surface area (Å²) in [7, 11) is 0. The Kier molecular flexibility index (Phi) is 1.75. The molecule has 0 saturated carbocycles. The quantitative estimate of drug-likeness (QED) is 0.560. The Balaban J connectivity index is 2.10. The first-order valence-corrected chi connectivity index (χ1v) is 2.50. The molecule has 0 saturated heterocycles. The van der Waals surface area contributed by atoms with E-state index in [-0.39, 0.29) is 12.9 Å². The third-order valence-corrected chi connectivity index (χ3v) is 0.881. The molecule has 1 aliphatic rings. The van der Waals surface area contributed by atoms with Crippen LogP contribution in [0.15, 0.2) is 12.5 Å². The van der Waals surface area contributed by atoms with Gasteiger partial charge in [0, 0.05) is 6.42 Å². The molecule has 3 heteroatoms. The van der Waals surface area contributed by atoms with Crippen molar-refractivity contribution in [2.45, 2.75) is 12.7 Å². The Morgan fingerprint density at radius 3 is 2.50 bits per heavy atom. The lowest BCUT2D eigenvalue weighted by atomic mass is 10.4. The highest BCUT2D eigenvalue weighted by atomic mass is 16.7. The average molecular weight is 116 g/mol. The summed E-state index contributed by atoms with van der Waals surface area (Å²) in [5.74, 6) is 0. The molecule has 0 aromatic heterocycles. The van der Waals surface area contributed by atoms with Gasteiger partial charge in [-0.2, -0.15) is 0 Å². The molecule has 0 unspecified atom stereocenters. The molecule has 0 aromatic carbocycles. The summed E-state index contributed by atoms with van der Waals surface area (Å²) in [5.41, 5.74) is 0. The van der Waals surface area contributed by atoms with Gasteiger partial charge in [-0.05, 0) is 0 Å². The van der Waals surface area contributed by atoms with E-state index in [1.54, 1.807) is 0 Å². The molecule has 46 valence electrons. The van der Waals surface area contributed by atoms with E-state index in [2.05, 4.69) is 0 Å². The highest BCUT2D eigenvalue weighted by molar-refractivity contribution is 4.70. The molecule has 1 heterocycles. The minimum atomic E-state index is -0.250. The molecular formula is C5H8O3. The maximum absolute atomic E-state index is 8.34. The van der Waals surface area contributed by atoms with E-state index in [0.29, 0.717) is 6.42 Å². The normalized spacial score (nSPS) is 18.1. The van der Waals surface area contributed by atoms with Gasteiger partial charge in [0.25, 0.3) is 0 Å². The fourth-order valence-corrected chi connectivity index (χ4v) is 0.513. The van der Waals surface area contributed by atoms with Gasteiger partial charge in [-0.3, -0.25) is 0 Å². The molecule has 0 aromatic rings. The third-order valence-electron chi connectivity index (χ3n) is 0.881. The smallest absolute Gasteiger partial charge is 0.241 e. The van der Waals surface area contributed by atoms with E-state index in [1.807, 2.05) is 0 Å². The van der Waals surface area contributed by atoms with Crippen LogP contribution in [0.4, 0.5) is 0 Å². The van der Waals surface area contributed by atoms with Crippen LogP contribution in [-0.2, 0) is 9.47 Å². The molecule has 0 radical (unpaired) electrons. The lowest BCUT2D eigenvalue weighted by Gasteiger charge is -2.05. The van der Waals surface area contributed by atoms with Gasteiger partial charge in [-0.1, -0.05) is 0 Å². The van der Waals surface area contributed by atoms with E-state index >= 15 is 0 Å². The fourth-order valence-electron chi connectivity index (χ4n) is 0.513. The topological polar surface area (TPSA) is 38.7 Å². The Morgan fingerprint density at radius 1 is 1.38 bits per heavy atom. The van der Waals surface area contributed by atoms with Gasteiger partial charge in [0.2, 0.25) is 6.29 Å². The van der Waals surface area contributed by atoms with Gasteiger partial charge in [-0.25, -0.2) is 0 Å². The summed E-state index contributed by atoms with van der Waals surface area (Å²) >= 11 is 0. The highest BCUT2D eigenvalue weighted by Crippen LogP contribution is 2.07. The van der Waals surface area contributed by atoms with Gasteiger partial charge in [0.1, 0.15) is 12.5 Å². The summed E-state index contributed by atoms with van der Waals surface area (Å²) in [6.07, 6.45) is 3.23. The largest absolute Gasteiger partial charge is 0.459 e. The number of hydrogen-bond donors (Lipinski definition) is 1. The van der Waals surface area contributed by atoms with Gasteiger partial charge >= 0.3 is 0 Å². The van der Waals surface area contributed by atoms with Crippen LogP contribution < -0.4 is 0 Å². The highest BCUT2D eigenvalue weighted by Gasteiger charge is 2.09. The van der Waals surface area contributed by atoms with Crippen LogP contribution in [0.25, 0.3) is 0 Å². The van der Waals surface area contributed by atoms with Crippen LogP contribution in [0, 0.1) is 0 Å². The fraction of sp³-hybridized carbons (Fsp3) is 0.600. The van der Waals surface area contributed by atoms with Crippen LogP contribution in [-0.4, -0.2) is 18.0 Å². The summed E-state index contributed by atoms with van der Waals surface area (Å²) in [4.78, 5) is 0. The number of rotatable bonds is 2. The van der Waals surface area contributed by atoms with Crippen molar-refractivity contribution < 1.29 is 14.6 Å². The van der Waals surface area contributed by atoms with Gasteiger partial charge in [-0.15, -0.1) is 0 Å². The first kappa shape index (κ1) is 5.44. The Labute approximate surface area is 47.5 Å². The van der Waals surface area contributed by atoms with Crippen molar-refractivity contribution in [3.05, 3.63) is 12.5 Å². The summed E-state index contributed by atoms with van der Waals surface area (Å²) in [6, 6.07) is 0. The first-order chi connectivity index (χ1) is 3.93. The standard InChI is InChI=1S/C5H8O3/c6-2-1-5-7-3-4-8-5/h3-6H,1-2H2. The summed E-state index contributed by atoms with van der Waals surface area (Å²) < 4.78 is 9.66. The van der Waals surface area contributed by atoms with Crippen LogP contribution in [0.3, 0.4) is 0 Å². The second-order valence-corrected chi connectivity index (χ2v) is 1.49. The molecule has 0 atom stereocenters. The Bertz CT molecular complexity index is 81.7. The van der Waals surface area contributed by atoms with Crippen molar-refractivity contribution in [1.82, 2.24) is 0 Å². The van der Waals surface area contributed by atoms with Crippen molar-refractivity contribution in [2.24, 2.45) is 0 Å². The van der Waals surface area contributed by atoms with E-state index in [4.69, 9.17) is 14.6 Å². The number of aliphatic hydroxyl groups is 1. The van der Waals surface area contributed by atoms with Crippen LogP contribution in [0.5, 0.6) is 0 Å². The summed E-state index contributed by atoms with van der Waals surface area (Å²) in [5, 5.41) is 8.34. The van der Waals surface area contributed by atoms with Crippen molar-refractivity contribution >= 4 is 0 Å². The Hall–Kier alpha value is -0.700. The average Bonchev–Trinajstić information content (AvgIpc) is 2.19. The number of ether oxygens (including phenoxy) is 2. The molecular weight excluding hydrogens is 108 g/mol. The first-order valence-electron chi connectivity index (χ1n) is 2.50.